The van der Waals surface area contributed by atoms with Gasteiger partial charge in [-0.15, -0.1) is 108 Å². The molecule has 4 heterocycles. The van der Waals surface area contributed by atoms with Crippen LogP contribution in [0.2, 0.25) is 0 Å². The standard InChI is InChI=1S/C20H19N.C20H18N.2C13H12N.CHF3O3S.2CH4O.2Ir/c2*1-15(2)17-9-6-10-18(13-17)19-11-12-21-20(14-19)16-7-4-3-5-8-16;2*1-10-8-13(14-9-11(10)2)12-6-4-3-5-7-12;2-1(3,4)8(5,6)7;2*1-2;;/h3-15H,1-2H3;3-7,9-15H,1-2H3;2*3-6,8-9H,1-2H3;(H,5,6,7);2*2H,1H3;;/q;3*-1;;;;;/p-1/i2*1D3,15D;2*2D3;;;;;. The van der Waals surface area contributed by atoms with Crippen molar-refractivity contribution in [2.75, 3.05) is 14.2 Å². The molecule has 0 saturated carbocycles. The Morgan fingerprint density at radius 1 is 0.476 bits per heavy atom. The van der Waals surface area contributed by atoms with Crippen LogP contribution in [0.3, 0.4) is 0 Å². The minimum absolute atomic E-state index is 0. The van der Waals surface area contributed by atoms with E-state index in [1.807, 2.05) is 140 Å². The van der Waals surface area contributed by atoms with Crippen molar-refractivity contribution in [3.8, 4) is 67.3 Å². The van der Waals surface area contributed by atoms with Crippen molar-refractivity contribution in [1.82, 2.24) is 19.9 Å². The van der Waals surface area contributed by atoms with Gasteiger partial charge in [0, 0.05) is 104 Å². The molecule has 0 aliphatic carbocycles. The Kier molecular flexibility index (Phi) is 23.2. The minimum Gasteiger partial charge on any atom is -0.741 e. The van der Waals surface area contributed by atoms with Crippen molar-refractivity contribution in [3.05, 3.63) is 264 Å². The van der Waals surface area contributed by atoms with Gasteiger partial charge < -0.3 is 29.7 Å². The molecule has 10 aromatic rings. The van der Waals surface area contributed by atoms with E-state index in [2.05, 4.69) is 38.1 Å². The second-order valence-electron chi connectivity index (χ2n) is 17.1. The van der Waals surface area contributed by atoms with Crippen LogP contribution in [0.15, 0.2) is 213 Å². The zero-order valence-electron chi connectivity index (χ0n) is 60.3. The van der Waals surface area contributed by atoms with Crippen LogP contribution in [0.25, 0.3) is 67.3 Å². The van der Waals surface area contributed by atoms with Crippen LogP contribution in [0.1, 0.15) is 91.9 Å². The number of halogens is 3. The van der Waals surface area contributed by atoms with Gasteiger partial charge in [0.1, 0.15) is 0 Å². The van der Waals surface area contributed by atoms with E-state index in [0.29, 0.717) is 22.3 Å². The van der Waals surface area contributed by atoms with Gasteiger partial charge >= 0.3 is 5.51 Å². The number of benzene rings is 6. The third-order valence-corrected chi connectivity index (χ3v) is 11.9. The zero-order valence-corrected chi connectivity index (χ0v) is 51.9. The third-order valence-electron chi connectivity index (χ3n) is 11.3. The molecule has 84 heavy (non-hydrogen) atoms. The van der Waals surface area contributed by atoms with Gasteiger partial charge in [-0.25, -0.2) is 8.42 Å². The van der Waals surface area contributed by atoms with Gasteiger partial charge in [0.2, 0.25) is 0 Å². The van der Waals surface area contributed by atoms with Crippen LogP contribution in [0.5, 0.6) is 0 Å². The Morgan fingerprint density at radius 3 is 1.17 bits per heavy atom. The number of aromatic nitrogens is 4. The second-order valence-corrected chi connectivity index (χ2v) is 18.5. The first kappa shape index (κ1) is 52.4. The molecule has 2 radical (unpaired) electrons. The van der Waals surface area contributed by atoms with E-state index in [9.17, 15) is 13.2 Å². The van der Waals surface area contributed by atoms with Gasteiger partial charge in [0.05, 0.1) is 5.69 Å². The van der Waals surface area contributed by atoms with Gasteiger partial charge in [-0.05, 0) is 119 Å². The van der Waals surface area contributed by atoms with E-state index in [4.69, 9.17) is 42.4 Å². The van der Waals surface area contributed by atoms with Gasteiger partial charge in [-0.1, -0.05) is 136 Å². The Bertz CT molecular complexity index is 3940. The molecule has 0 saturated heterocycles. The molecule has 6 aromatic carbocycles. The Labute approximate surface area is 541 Å². The number of hydrogen-bond donors (Lipinski definition) is 2. The molecule has 0 bridgehead atoms. The van der Waals surface area contributed by atoms with Crippen LogP contribution in [-0.2, 0) is 50.3 Å². The summed E-state index contributed by atoms with van der Waals surface area (Å²) in [6.45, 7) is -2.55. The number of hydrogen-bond acceptors (Lipinski definition) is 9. The molecular formula is C69H69F3Ir2N4O5S-4. The van der Waals surface area contributed by atoms with Crippen LogP contribution in [0, 0.1) is 45.8 Å². The molecule has 10 rings (SSSR count). The number of aryl methyl sites for hydroxylation is 4. The molecule has 15 heteroatoms. The summed E-state index contributed by atoms with van der Waals surface area (Å²) < 4.78 is 165. The largest absolute Gasteiger partial charge is 0.741 e. The van der Waals surface area contributed by atoms with E-state index in [0.717, 1.165) is 92.6 Å². The summed E-state index contributed by atoms with van der Waals surface area (Å²) in [6, 6.07) is 67.4. The number of aliphatic hydroxyl groups is 2. The first-order valence-corrected chi connectivity index (χ1v) is 26.2. The van der Waals surface area contributed by atoms with Gasteiger partial charge in [0.25, 0.3) is 0 Å². The summed E-state index contributed by atoms with van der Waals surface area (Å²) in [4.78, 5) is 17.2. The number of aliphatic hydroxyl groups excluding tert-OH is 2. The molecule has 2 unspecified atom stereocenters. The van der Waals surface area contributed by atoms with Crippen molar-refractivity contribution >= 4 is 10.1 Å². The van der Waals surface area contributed by atoms with Crippen LogP contribution in [-0.4, -0.2) is 62.8 Å². The molecule has 0 aliphatic rings. The van der Waals surface area contributed by atoms with Crippen molar-refractivity contribution in [1.29, 1.82) is 0 Å². The second kappa shape index (κ2) is 37.2. The fraction of sp³-hybridized carbons (Fsp3) is 0.188. The first-order valence-electron chi connectivity index (χ1n) is 31.8. The van der Waals surface area contributed by atoms with Crippen molar-refractivity contribution in [3.63, 3.8) is 0 Å². The molecule has 4 aromatic heterocycles. The van der Waals surface area contributed by atoms with Crippen LogP contribution < -0.4 is 0 Å². The summed E-state index contributed by atoms with van der Waals surface area (Å²) in [6.07, 6.45) is 6.33. The average Bonchev–Trinajstić information content (AvgIpc) is 0.798. The molecule has 0 spiro atoms. The monoisotopic (exact) mass is 1520 g/mol. The van der Waals surface area contributed by atoms with E-state index in [-0.39, 0.29) is 40.2 Å². The predicted octanol–water partition coefficient (Wildman–Crippen LogP) is 16.5. The zero-order chi connectivity index (χ0) is 72.1. The molecule has 0 amide bonds. The maximum atomic E-state index is 10.7. The van der Waals surface area contributed by atoms with E-state index >= 15 is 0 Å². The Hall–Kier alpha value is -7.16. The summed E-state index contributed by atoms with van der Waals surface area (Å²) >= 11 is 0. The first-order chi connectivity index (χ1) is 44.8. The van der Waals surface area contributed by atoms with Crippen LogP contribution in [0.4, 0.5) is 13.2 Å². The SMILES string of the molecule is CO.CO.O=S(=O)([O-])C(F)(F)F.[2H]C([2H])([2H])C([2H])(C)c1cccc(-c2ccnc(-c3[c-]cccc3)c2)c1.[2H]C([2H])([2H])C([2H])(C)c1cccc(-c2ccnc(-c3ccccc3)c2)c1.[2H]C([2H])([2H])c1cnc(-c2[c-]cccc2)cc1C.[2H]C([2H])([2H])c1cnc(-c2[c-]cccc2)cc1C.[Ir].[Ir]. The third kappa shape index (κ3) is 23.5. The maximum absolute atomic E-state index is 10.7. The fourth-order valence-electron chi connectivity index (χ4n) is 7.06. The van der Waals surface area contributed by atoms with Gasteiger partial charge in [-0.3, -0.25) is 4.98 Å². The van der Waals surface area contributed by atoms with E-state index < -0.39 is 54.8 Å². The average molecular weight is 1520 g/mol. The minimum atomic E-state index is -6.09. The summed E-state index contributed by atoms with van der Waals surface area (Å²) in [5.74, 6) is -3.32. The van der Waals surface area contributed by atoms with Crippen molar-refractivity contribution < 1.29 is 95.8 Å². The van der Waals surface area contributed by atoms with Gasteiger partial charge in [0.15, 0.2) is 10.1 Å². The quantitative estimate of drug-likeness (QED) is 0.0861. The molecule has 444 valence electrons. The Balaban J connectivity index is 0.000000423. The molecule has 2 atom stereocenters. The predicted molar refractivity (Wildman–Crippen MR) is 325 cm³/mol. The maximum Gasteiger partial charge on any atom is 0.485 e. The van der Waals surface area contributed by atoms with E-state index in [1.165, 1.54) is 26.2 Å². The van der Waals surface area contributed by atoms with E-state index in [1.54, 1.807) is 74.8 Å². The van der Waals surface area contributed by atoms with Crippen LogP contribution >= 0.6 is 0 Å². The Morgan fingerprint density at radius 2 is 0.821 bits per heavy atom. The van der Waals surface area contributed by atoms with Crippen molar-refractivity contribution in [2.24, 2.45) is 0 Å². The normalized spacial score (nSPS) is 14.7. The van der Waals surface area contributed by atoms with Gasteiger partial charge in [-0.2, -0.15) is 13.2 Å². The summed E-state index contributed by atoms with van der Waals surface area (Å²) in [5.41, 5.74) is 7.76. The molecule has 0 fully saturated rings. The molecule has 0 aliphatic heterocycles. The summed E-state index contributed by atoms with van der Waals surface area (Å²) in [7, 11) is -4.09. The summed E-state index contributed by atoms with van der Waals surface area (Å²) in [5, 5.41) is 14.0. The number of nitrogens with zero attached hydrogens (tertiary/aromatic N) is 4. The smallest absolute Gasteiger partial charge is 0.485 e. The molecular weight excluding hydrogens is 1440 g/mol. The number of rotatable bonds is 8. The molecule has 9 nitrogen and oxygen atoms in total. The number of alkyl halides is 3. The fourth-order valence-corrected chi connectivity index (χ4v) is 7.06. The van der Waals surface area contributed by atoms with Crippen molar-refractivity contribution in [2.45, 2.75) is 72.4 Å². The number of pyridine rings is 4. The topological polar surface area (TPSA) is 149 Å². The molecule has 2 N–H and O–H groups in total.